The molecule has 0 bridgehead atoms. The summed E-state index contributed by atoms with van der Waals surface area (Å²) in [4.78, 5) is 0. The minimum Gasteiger partial charge on any atom is -0.249 e. The average Bonchev–Trinajstić information content (AvgIpc) is 3.13. The first-order valence-electron chi connectivity index (χ1n) is 18.8. The first kappa shape index (κ1) is 65.6. The summed E-state index contributed by atoms with van der Waals surface area (Å²) < 4.78 is 74.8. The van der Waals surface area contributed by atoms with Crippen molar-refractivity contribution in [3.63, 3.8) is 0 Å². The molecule has 0 saturated heterocycles. The molecule has 1 unspecified atom stereocenters. The summed E-state index contributed by atoms with van der Waals surface area (Å²) in [6, 6.07) is 16.2. The van der Waals surface area contributed by atoms with Crippen LogP contribution in [-0.2, 0) is 57.7 Å². The zero-order chi connectivity index (χ0) is 40.6. The van der Waals surface area contributed by atoms with Crippen LogP contribution in [0, 0.1) is 75.5 Å². The molecule has 2 rings (SSSR count). The number of hydrogen-bond donors (Lipinski definition) is 0. The van der Waals surface area contributed by atoms with Crippen molar-refractivity contribution in [3.8, 4) is 0 Å². The number of aryl methyl sites for hydroxylation is 2. The SMILES string of the molecule is CCC.CCC.CCN=S(=O)(CC)Cc1ccccc1CC.CCS(=O)(=O)CC.CCS(=O)(=O)CC.CCc1ccccc1N=S(=O)(CC)CC.[Ar].[Ar]. The first-order valence-corrected chi connectivity index (χ1v) is 26.2. The number of rotatable bonds is 13. The van der Waals surface area contributed by atoms with E-state index in [2.05, 4.69) is 62.4 Å². The average molecular weight is 877 g/mol. The van der Waals surface area contributed by atoms with E-state index in [1.54, 1.807) is 27.7 Å². The van der Waals surface area contributed by atoms with Gasteiger partial charge >= 0.3 is 0 Å². The van der Waals surface area contributed by atoms with Crippen LogP contribution in [0.2, 0.25) is 0 Å². The zero-order valence-corrected chi connectivity index (χ0v) is 40.2. The summed E-state index contributed by atoms with van der Waals surface area (Å²) in [6.07, 6.45) is 4.42. The molecule has 53 heavy (non-hydrogen) atoms. The Hall–Kier alpha value is 0.759. The molecule has 0 heterocycles. The van der Waals surface area contributed by atoms with Crippen LogP contribution >= 0.6 is 0 Å². The molecule has 0 amide bonds. The van der Waals surface area contributed by atoms with Gasteiger partial charge < -0.3 is 0 Å². The van der Waals surface area contributed by atoms with Gasteiger partial charge in [-0.05, 0) is 42.5 Å². The molecule has 0 N–H and O–H groups in total. The van der Waals surface area contributed by atoms with Crippen LogP contribution in [0.25, 0.3) is 0 Å². The van der Waals surface area contributed by atoms with Gasteiger partial charge in [-0.1, -0.05) is 145 Å². The number of sulfone groups is 2. The minimum absolute atomic E-state index is 0. The Morgan fingerprint density at radius 3 is 1.04 bits per heavy atom. The van der Waals surface area contributed by atoms with Crippen molar-refractivity contribution in [1.82, 2.24) is 0 Å². The van der Waals surface area contributed by atoms with Crippen LogP contribution in [0.1, 0.15) is 126 Å². The van der Waals surface area contributed by atoms with Gasteiger partial charge in [-0.25, -0.2) is 29.6 Å². The van der Waals surface area contributed by atoms with Crippen LogP contribution in [0.5, 0.6) is 0 Å². The molecule has 1 atom stereocenters. The quantitative estimate of drug-likeness (QED) is 0.197. The van der Waals surface area contributed by atoms with E-state index >= 15 is 0 Å². The molecule has 0 aliphatic rings. The molecular formula is C39H76Ar2N2O6S4. The van der Waals surface area contributed by atoms with Gasteiger partial charge in [-0.3, -0.25) is 0 Å². The second-order valence-corrected chi connectivity index (χ2v) is 22.1. The largest absolute Gasteiger partial charge is 0.249 e. The fourth-order valence-corrected chi connectivity index (χ4v) is 7.32. The van der Waals surface area contributed by atoms with E-state index < -0.39 is 39.1 Å². The van der Waals surface area contributed by atoms with Crippen LogP contribution in [0.4, 0.5) is 5.69 Å². The summed E-state index contributed by atoms with van der Waals surface area (Å²) >= 11 is 0. The number of nitrogens with zero attached hydrogens (tertiary/aromatic N) is 2. The maximum absolute atomic E-state index is 12.4. The molecule has 2 aromatic rings. The topological polar surface area (TPSA) is 127 Å². The van der Waals surface area contributed by atoms with Gasteiger partial charge in [-0.15, -0.1) is 0 Å². The second kappa shape index (κ2) is 39.6. The van der Waals surface area contributed by atoms with Gasteiger partial charge in [-0.2, -0.15) is 4.36 Å². The van der Waals surface area contributed by atoms with Crippen LogP contribution in [0.3, 0.4) is 0 Å². The molecule has 0 radical (unpaired) electrons. The van der Waals surface area contributed by atoms with Crippen molar-refractivity contribution in [2.75, 3.05) is 46.8 Å². The molecule has 8 nitrogen and oxygen atoms in total. The predicted molar refractivity (Wildman–Crippen MR) is 230 cm³/mol. The molecule has 0 saturated carbocycles. The van der Waals surface area contributed by atoms with Crippen molar-refractivity contribution < 1.29 is 101 Å². The van der Waals surface area contributed by atoms with Gasteiger partial charge in [0.05, 0.1) is 30.9 Å². The van der Waals surface area contributed by atoms with Gasteiger partial charge in [0.15, 0.2) is 0 Å². The van der Waals surface area contributed by atoms with Crippen molar-refractivity contribution in [2.24, 2.45) is 8.73 Å². The van der Waals surface area contributed by atoms with E-state index in [0.717, 1.165) is 18.5 Å². The van der Waals surface area contributed by atoms with Gasteiger partial charge in [0, 0.05) is 122 Å². The molecule has 318 valence electrons. The molecule has 2 aromatic carbocycles. The molecule has 0 aliphatic heterocycles. The first-order chi connectivity index (χ1) is 23.9. The molecule has 0 aliphatic carbocycles. The maximum atomic E-state index is 12.4. The Balaban J connectivity index is -0.000000137. The molecule has 0 fully saturated rings. The standard InChI is InChI=1S/C13H21NOS.C12H19NOS.2C4H10O2S.2C3H8.2Ar/c1-4-12-9-7-8-10-13(12)11-16(15,6-3)14-5-2;1-4-11-9-7-8-10-12(11)13-15(14,5-2)6-3;2*1-3-7(5,6)4-2;2*1-3-2;;/h7-10H,4-6,11H2,1-3H3;7-10H,4-6H2,1-3H3;2*3-4H2,1-2H3;2*3H2,1-2H3;;. The maximum Gasteiger partial charge on any atom is 0.149 e. The zero-order valence-electron chi connectivity index (χ0n) is 35.5. The van der Waals surface area contributed by atoms with E-state index in [9.17, 15) is 25.3 Å². The monoisotopic (exact) mass is 876 g/mol. The van der Waals surface area contributed by atoms with Gasteiger partial charge in [0.2, 0.25) is 0 Å². The predicted octanol–water partition coefficient (Wildman–Crippen LogP) is 10.4. The fraction of sp³-hybridized carbons (Fsp3) is 0.692. The second-order valence-electron chi connectivity index (χ2n) is 11.3. The third-order valence-electron chi connectivity index (χ3n) is 6.99. The number of benzene rings is 2. The van der Waals surface area contributed by atoms with Gasteiger partial charge in [0.1, 0.15) is 19.7 Å². The third-order valence-corrected chi connectivity index (χ3v) is 15.2. The Kier molecular flexibility index (Phi) is 49.0. The Morgan fingerprint density at radius 2 is 0.755 bits per heavy atom. The van der Waals surface area contributed by atoms with Crippen LogP contribution < -0.4 is 0 Å². The summed E-state index contributed by atoms with van der Waals surface area (Å²) in [5.41, 5.74) is 4.55. The molecule has 0 spiro atoms. The fourth-order valence-electron chi connectivity index (χ4n) is 3.58. The molecule has 0 aromatic heterocycles. The van der Waals surface area contributed by atoms with E-state index in [1.807, 2.05) is 64.1 Å². The van der Waals surface area contributed by atoms with E-state index in [1.165, 1.54) is 29.5 Å². The Labute approximate surface area is 389 Å². The van der Waals surface area contributed by atoms with E-state index in [4.69, 9.17) is 0 Å². The minimum atomic E-state index is -2.66. The van der Waals surface area contributed by atoms with Gasteiger partial charge in [0.25, 0.3) is 0 Å². The van der Waals surface area contributed by atoms with Crippen molar-refractivity contribution in [1.29, 1.82) is 0 Å². The summed E-state index contributed by atoms with van der Waals surface area (Å²) in [5.74, 6) is 3.56. The normalized spacial score (nSPS) is 11.4. The van der Waals surface area contributed by atoms with Crippen LogP contribution in [0.15, 0.2) is 57.3 Å². The smallest absolute Gasteiger partial charge is 0.149 e. The van der Waals surface area contributed by atoms with Crippen molar-refractivity contribution >= 4 is 44.8 Å². The third kappa shape index (κ3) is 35.6. The summed E-state index contributed by atoms with van der Waals surface area (Å²) in [6.45, 7) is 27.7. The van der Waals surface area contributed by atoms with E-state index in [0.29, 0.717) is 29.6 Å². The summed E-state index contributed by atoms with van der Waals surface area (Å²) in [7, 11) is -9.38. The van der Waals surface area contributed by atoms with E-state index in [-0.39, 0.29) is 98.5 Å². The molecule has 14 heteroatoms. The summed E-state index contributed by atoms with van der Waals surface area (Å²) in [5, 5.41) is 0. The Morgan fingerprint density at radius 1 is 0.434 bits per heavy atom. The Bertz CT molecular complexity index is 1550. The van der Waals surface area contributed by atoms with Crippen molar-refractivity contribution in [2.45, 2.75) is 128 Å². The van der Waals surface area contributed by atoms with Crippen LogP contribution in [-0.4, -0.2) is 72.1 Å². The number of hydrogen-bond acceptors (Lipinski definition) is 8. The van der Waals surface area contributed by atoms with Crippen molar-refractivity contribution in [3.05, 3.63) is 65.2 Å². The molecular weight excluding hydrogens is 801 g/mol.